The van der Waals surface area contributed by atoms with Gasteiger partial charge in [0.2, 0.25) is 0 Å². The molecule has 1 atom stereocenters. The Labute approximate surface area is 123 Å². The molecule has 0 aromatic rings. The highest BCUT2D eigenvalue weighted by Gasteiger charge is 2.32. The summed E-state index contributed by atoms with van der Waals surface area (Å²) in [5.74, 6) is -1.14. The summed E-state index contributed by atoms with van der Waals surface area (Å²) in [6.45, 7) is 0. The van der Waals surface area contributed by atoms with Crippen LogP contribution in [0.5, 0.6) is 0 Å². The number of rotatable bonds is 6. The van der Waals surface area contributed by atoms with Crippen LogP contribution in [-0.4, -0.2) is 44.0 Å². The van der Waals surface area contributed by atoms with Crippen LogP contribution in [0.3, 0.4) is 0 Å². The lowest BCUT2D eigenvalue weighted by molar-refractivity contribution is -0.151. The summed E-state index contributed by atoms with van der Waals surface area (Å²) in [5.41, 5.74) is 0. The van der Waals surface area contributed by atoms with Gasteiger partial charge in [-0.3, -0.25) is 19.4 Å². The second-order valence-corrected chi connectivity index (χ2v) is 6.48. The quantitative estimate of drug-likeness (QED) is 0.451. The third-order valence-electron chi connectivity index (χ3n) is 2.47. The Balaban J connectivity index is 1.95. The number of hydrogen-bond donors (Lipinski definition) is 1. The van der Waals surface area contributed by atoms with E-state index in [1.54, 1.807) is 17.3 Å². The molecule has 0 radical (unpaired) electrons. The lowest BCUT2D eigenvalue weighted by Gasteiger charge is -2.34. The maximum absolute atomic E-state index is 11.7. The molecule has 6 nitrogen and oxygen atoms in total. The van der Waals surface area contributed by atoms with E-state index in [-0.39, 0.29) is 23.6 Å². The van der Waals surface area contributed by atoms with Crippen molar-refractivity contribution in [2.45, 2.75) is 11.8 Å². The van der Waals surface area contributed by atoms with Gasteiger partial charge in [0.1, 0.15) is 5.37 Å². The van der Waals surface area contributed by atoms with Crippen molar-refractivity contribution >= 4 is 39.4 Å². The summed E-state index contributed by atoms with van der Waals surface area (Å²) in [5, 5.41) is 11.0. The lowest BCUT2D eigenvalue weighted by Crippen LogP contribution is -2.47. The van der Waals surface area contributed by atoms with Crippen molar-refractivity contribution in [1.82, 2.24) is 10.0 Å². The average molecular weight is 312 g/mol. The maximum Gasteiger partial charge on any atom is 0.304 e. The summed E-state index contributed by atoms with van der Waals surface area (Å²) >= 11 is 0. The molecule has 106 valence electrons. The number of carbonyl (C=O) groups is 3. The fourth-order valence-electron chi connectivity index (χ4n) is 1.59. The molecule has 8 heteroatoms. The van der Waals surface area contributed by atoms with Gasteiger partial charge in [0.25, 0.3) is 11.8 Å². The van der Waals surface area contributed by atoms with Gasteiger partial charge in [0.15, 0.2) is 0 Å². The minimum absolute atomic E-state index is 0.0765. The van der Waals surface area contributed by atoms with Crippen LogP contribution in [-0.2, 0) is 14.4 Å². The zero-order valence-electron chi connectivity index (χ0n) is 10.3. The number of carboxylic acids is 1. The van der Waals surface area contributed by atoms with E-state index in [9.17, 15) is 14.4 Å². The standard InChI is InChI=1S/C12H12N2O4S2/c15-9-4-5-10(16)14(9)13-7-2-1-3-11(13)20-19-8-6-12(17)18/h1-5,7,11H,6,8H2,(H,17,18). The normalized spacial score (nSPS) is 21.1. The Hall–Kier alpha value is -1.67. The number of aliphatic carboxylic acids is 1. The Morgan fingerprint density at radius 1 is 1.25 bits per heavy atom. The molecule has 2 amide bonds. The van der Waals surface area contributed by atoms with Crippen LogP contribution >= 0.6 is 21.6 Å². The van der Waals surface area contributed by atoms with Gasteiger partial charge in [-0.25, -0.2) is 0 Å². The Kier molecular flexibility index (Phi) is 4.91. The molecular formula is C12H12N2O4S2. The number of carboxylic acid groups (broad SMARTS) is 1. The molecule has 0 fully saturated rings. The third-order valence-corrected chi connectivity index (χ3v) is 5.05. The Morgan fingerprint density at radius 3 is 2.60 bits per heavy atom. The van der Waals surface area contributed by atoms with Gasteiger partial charge in [-0.05, 0) is 12.2 Å². The number of imide groups is 1. The zero-order chi connectivity index (χ0) is 14.5. The molecule has 0 saturated heterocycles. The van der Waals surface area contributed by atoms with Crippen LogP contribution < -0.4 is 0 Å². The van der Waals surface area contributed by atoms with E-state index in [0.29, 0.717) is 5.75 Å². The van der Waals surface area contributed by atoms with E-state index in [1.165, 1.54) is 33.7 Å². The number of carbonyl (C=O) groups excluding carboxylic acids is 2. The van der Waals surface area contributed by atoms with Gasteiger partial charge in [-0.1, -0.05) is 27.7 Å². The van der Waals surface area contributed by atoms with E-state index in [2.05, 4.69) is 0 Å². The van der Waals surface area contributed by atoms with Gasteiger partial charge in [-0.2, -0.15) is 5.01 Å². The first-order chi connectivity index (χ1) is 9.59. The van der Waals surface area contributed by atoms with Gasteiger partial charge in [0, 0.05) is 24.1 Å². The van der Waals surface area contributed by atoms with Crippen molar-refractivity contribution < 1.29 is 19.5 Å². The minimum Gasteiger partial charge on any atom is -0.481 e. The second kappa shape index (κ2) is 6.67. The second-order valence-electron chi connectivity index (χ2n) is 3.88. The predicted octanol–water partition coefficient (Wildman–Crippen LogP) is 1.39. The highest BCUT2D eigenvalue weighted by atomic mass is 33.1. The van der Waals surface area contributed by atoms with Crippen LogP contribution in [0.2, 0.25) is 0 Å². The fourth-order valence-corrected chi connectivity index (χ4v) is 3.91. The molecule has 2 heterocycles. The van der Waals surface area contributed by atoms with Gasteiger partial charge in [-0.15, -0.1) is 0 Å². The van der Waals surface area contributed by atoms with Gasteiger partial charge < -0.3 is 5.11 Å². The summed E-state index contributed by atoms with van der Waals surface area (Å²) in [7, 11) is 2.80. The first kappa shape index (κ1) is 14.7. The van der Waals surface area contributed by atoms with Gasteiger partial charge >= 0.3 is 5.97 Å². The van der Waals surface area contributed by atoms with Crippen molar-refractivity contribution in [2.24, 2.45) is 0 Å². The number of nitrogens with zero attached hydrogens (tertiary/aromatic N) is 2. The molecular weight excluding hydrogens is 300 g/mol. The van der Waals surface area contributed by atoms with Crippen LogP contribution in [0, 0.1) is 0 Å². The molecule has 2 aliphatic rings. The van der Waals surface area contributed by atoms with E-state index >= 15 is 0 Å². The molecule has 0 aromatic carbocycles. The zero-order valence-corrected chi connectivity index (χ0v) is 12.0. The van der Waals surface area contributed by atoms with E-state index in [0.717, 1.165) is 5.01 Å². The highest BCUT2D eigenvalue weighted by Crippen LogP contribution is 2.33. The number of hydrogen-bond acceptors (Lipinski definition) is 6. The van der Waals surface area contributed by atoms with E-state index in [4.69, 9.17) is 5.11 Å². The Morgan fingerprint density at radius 2 is 1.95 bits per heavy atom. The number of hydrazine groups is 1. The van der Waals surface area contributed by atoms with Crippen molar-refractivity contribution in [3.8, 4) is 0 Å². The molecule has 1 N–H and O–H groups in total. The SMILES string of the molecule is O=C(O)CCSSC1C=CC=CN1N1C(=O)C=CC1=O. The van der Waals surface area contributed by atoms with Gasteiger partial charge in [0.05, 0.1) is 6.42 Å². The molecule has 0 aliphatic carbocycles. The fraction of sp³-hybridized carbons (Fsp3) is 0.250. The first-order valence-electron chi connectivity index (χ1n) is 5.79. The smallest absolute Gasteiger partial charge is 0.304 e. The summed E-state index contributed by atoms with van der Waals surface area (Å²) in [6, 6.07) is 0. The van der Waals surface area contributed by atoms with Crippen LogP contribution in [0.25, 0.3) is 0 Å². The predicted molar refractivity (Wildman–Crippen MR) is 77.2 cm³/mol. The molecule has 0 bridgehead atoms. The summed E-state index contributed by atoms with van der Waals surface area (Å²) < 4.78 is 0. The molecule has 20 heavy (non-hydrogen) atoms. The highest BCUT2D eigenvalue weighted by molar-refractivity contribution is 8.77. The van der Waals surface area contributed by atoms with Crippen LogP contribution in [0.1, 0.15) is 6.42 Å². The minimum atomic E-state index is -0.844. The molecule has 0 aromatic heterocycles. The average Bonchev–Trinajstić information content (AvgIpc) is 2.75. The van der Waals surface area contributed by atoms with Crippen LogP contribution in [0.4, 0.5) is 0 Å². The van der Waals surface area contributed by atoms with Crippen molar-refractivity contribution in [3.05, 3.63) is 36.6 Å². The van der Waals surface area contributed by atoms with E-state index < -0.39 is 5.97 Å². The number of allylic oxidation sites excluding steroid dienone is 2. The largest absolute Gasteiger partial charge is 0.481 e. The molecule has 0 spiro atoms. The molecule has 1 unspecified atom stereocenters. The summed E-state index contributed by atoms with van der Waals surface area (Å²) in [4.78, 5) is 33.8. The maximum atomic E-state index is 11.7. The van der Waals surface area contributed by atoms with Crippen molar-refractivity contribution in [2.75, 3.05) is 5.75 Å². The molecule has 2 aliphatic heterocycles. The topological polar surface area (TPSA) is 77.9 Å². The first-order valence-corrected chi connectivity index (χ1v) is 8.17. The summed E-state index contributed by atoms with van der Waals surface area (Å²) in [6.07, 6.45) is 9.59. The Bertz CT molecular complexity index is 498. The third kappa shape index (κ3) is 3.45. The van der Waals surface area contributed by atoms with E-state index in [1.807, 2.05) is 12.2 Å². The number of amides is 2. The molecule has 2 rings (SSSR count). The van der Waals surface area contributed by atoms with Crippen molar-refractivity contribution in [1.29, 1.82) is 0 Å². The van der Waals surface area contributed by atoms with Crippen molar-refractivity contribution in [3.63, 3.8) is 0 Å². The monoisotopic (exact) mass is 312 g/mol. The lowest BCUT2D eigenvalue weighted by atomic mass is 10.4. The van der Waals surface area contributed by atoms with Crippen LogP contribution in [0.15, 0.2) is 36.6 Å². The molecule has 0 saturated carbocycles.